The van der Waals surface area contributed by atoms with Crippen LogP contribution in [-0.2, 0) is 6.54 Å². The molecule has 1 aliphatic rings. The second-order valence-corrected chi connectivity index (χ2v) is 4.59. The lowest BCUT2D eigenvalue weighted by molar-refractivity contribution is 0.165. The minimum Gasteiger partial charge on any atom is -0.314 e. The third kappa shape index (κ3) is 2.94. The van der Waals surface area contributed by atoms with Gasteiger partial charge in [0.1, 0.15) is 0 Å². The number of halogens is 1. The van der Waals surface area contributed by atoms with Gasteiger partial charge >= 0.3 is 0 Å². The number of hydrogen-bond acceptors (Lipinski definition) is 2. The van der Waals surface area contributed by atoms with Crippen LogP contribution in [0, 0.1) is 0 Å². The van der Waals surface area contributed by atoms with E-state index in [4.69, 9.17) is 11.6 Å². The molecule has 1 heterocycles. The van der Waals surface area contributed by atoms with E-state index in [1.807, 2.05) is 12.1 Å². The number of nitrogens with zero attached hydrogens (tertiary/aromatic N) is 1. The molecular weight excluding hydrogens is 208 g/mol. The second kappa shape index (κ2) is 4.97. The van der Waals surface area contributed by atoms with Crippen molar-refractivity contribution in [2.24, 2.45) is 0 Å². The van der Waals surface area contributed by atoms with Gasteiger partial charge in [-0.3, -0.25) is 4.90 Å². The maximum atomic E-state index is 5.97. The molecule has 1 aromatic carbocycles. The summed E-state index contributed by atoms with van der Waals surface area (Å²) in [5, 5.41) is 4.22. The molecule has 1 atom stereocenters. The molecule has 2 nitrogen and oxygen atoms in total. The van der Waals surface area contributed by atoms with Crippen molar-refractivity contribution in [1.29, 1.82) is 0 Å². The van der Waals surface area contributed by atoms with Gasteiger partial charge in [-0.25, -0.2) is 0 Å². The fourth-order valence-corrected chi connectivity index (χ4v) is 2.20. The van der Waals surface area contributed by atoms with Gasteiger partial charge in [-0.15, -0.1) is 0 Å². The van der Waals surface area contributed by atoms with Gasteiger partial charge in [0.15, 0.2) is 0 Å². The molecule has 1 saturated heterocycles. The zero-order chi connectivity index (χ0) is 10.7. The van der Waals surface area contributed by atoms with Gasteiger partial charge < -0.3 is 5.32 Å². The summed E-state index contributed by atoms with van der Waals surface area (Å²) in [7, 11) is 0. The Labute approximate surface area is 96.2 Å². The Kier molecular flexibility index (Phi) is 3.62. The van der Waals surface area contributed by atoms with E-state index in [9.17, 15) is 0 Å². The molecule has 15 heavy (non-hydrogen) atoms. The zero-order valence-corrected chi connectivity index (χ0v) is 9.80. The lowest BCUT2D eigenvalue weighted by atomic mass is 10.1. The van der Waals surface area contributed by atoms with Crippen LogP contribution in [0.5, 0.6) is 0 Å². The Morgan fingerprint density at radius 3 is 3.13 bits per heavy atom. The van der Waals surface area contributed by atoms with Crippen LogP contribution in [0.1, 0.15) is 12.5 Å². The first-order chi connectivity index (χ1) is 7.25. The lowest BCUT2D eigenvalue weighted by Gasteiger charge is -2.33. The van der Waals surface area contributed by atoms with Crippen LogP contribution in [0.4, 0.5) is 0 Å². The van der Waals surface area contributed by atoms with Crippen LogP contribution in [-0.4, -0.2) is 30.6 Å². The fraction of sp³-hybridized carbons (Fsp3) is 0.500. The number of nitrogens with one attached hydrogen (secondary N) is 1. The molecule has 0 spiro atoms. The minimum absolute atomic E-state index is 0.609. The number of piperazine rings is 1. The van der Waals surface area contributed by atoms with Crippen molar-refractivity contribution >= 4 is 11.6 Å². The summed E-state index contributed by atoms with van der Waals surface area (Å²) in [6.07, 6.45) is 0. The average molecular weight is 225 g/mol. The molecule has 1 fully saturated rings. The Hall–Kier alpha value is -0.570. The normalized spacial score (nSPS) is 22.9. The first kappa shape index (κ1) is 10.9. The highest BCUT2D eigenvalue weighted by Gasteiger charge is 2.17. The molecule has 0 unspecified atom stereocenters. The highest BCUT2D eigenvalue weighted by molar-refractivity contribution is 6.30. The van der Waals surface area contributed by atoms with Gasteiger partial charge in [0.25, 0.3) is 0 Å². The highest BCUT2D eigenvalue weighted by atomic mass is 35.5. The van der Waals surface area contributed by atoms with Crippen molar-refractivity contribution in [2.75, 3.05) is 19.6 Å². The Bertz CT molecular complexity index is 327. The standard InChI is InChI=1S/C12H17ClN2/c1-10-8-14-5-6-15(10)9-11-3-2-4-12(13)7-11/h2-4,7,10,14H,5-6,8-9H2,1H3/t10-/m0/s1. The molecule has 2 rings (SSSR count). The van der Waals surface area contributed by atoms with E-state index in [1.165, 1.54) is 5.56 Å². The molecule has 0 radical (unpaired) electrons. The average Bonchev–Trinajstić information content (AvgIpc) is 2.22. The van der Waals surface area contributed by atoms with Crippen LogP contribution < -0.4 is 5.32 Å². The summed E-state index contributed by atoms with van der Waals surface area (Å²) in [5.74, 6) is 0. The van der Waals surface area contributed by atoms with Gasteiger partial charge in [0.2, 0.25) is 0 Å². The summed E-state index contributed by atoms with van der Waals surface area (Å²) in [6, 6.07) is 8.74. The third-order valence-corrected chi connectivity index (χ3v) is 3.15. The summed E-state index contributed by atoms with van der Waals surface area (Å²) >= 11 is 5.97. The maximum absolute atomic E-state index is 5.97. The predicted molar refractivity (Wildman–Crippen MR) is 64.2 cm³/mol. The fourth-order valence-electron chi connectivity index (χ4n) is 1.99. The first-order valence-electron chi connectivity index (χ1n) is 5.45. The summed E-state index contributed by atoms with van der Waals surface area (Å²) in [4.78, 5) is 2.49. The minimum atomic E-state index is 0.609. The van der Waals surface area contributed by atoms with E-state index in [2.05, 4.69) is 29.3 Å². The van der Waals surface area contributed by atoms with Crippen molar-refractivity contribution in [1.82, 2.24) is 10.2 Å². The van der Waals surface area contributed by atoms with Gasteiger partial charge in [0.05, 0.1) is 0 Å². The largest absolute Gasteiger partial charge is 0.314 e. The topological polar surface area (TPSA) is 15.3 Å². The molecule has 0 amide bonds. The molecule has 0 saturated carbocycles. The number of benzene rings is 1. The summed E-state index contributed by atoms with van der Waals surface area (Å²) < 4.78 is 0. The molecular formula is C12H17ClN2. The van der Waals surface area contributed by atoms with Crippen LogP contribution >= 0.6 is 11.6 Å². The molecule has 1 aromatic rings. The summed E-state index contributed by atoms with van der Waals surface area (Å²) in [5.41, 5.74) is 1.30. The Morgan fingerprint density at radius 1 is 1.53 bits per heavy atom. The molecule has 0 aromatic heterocycles. The SMILES string of the molecule is C[C@H]1CNCCN1Cc1cccc(Cl)c1. The number of hydrogen-bond donors (Lipinski definition) is 1. The van der Waals surface area contributed by atoms with Crippen molar-refractivity contribution in [2.45, 2.75) is 19.5 Å². The first-order valence-corrected chi connectivity index (χ1v) is 5.83. The van der Waals surface area contributed by atoms with E-state index < -0.39 is 0 Å². The van der Waals surface area contributed by atoms with Gasteiger partial charge in [-0.2, -0.15) is 0 Å². The monoisotopic (exact) mass is 224 g/mol. The van der Waals surface area contributed by atoms with Crippen molar-refractivity contribution in [3.05, 3.63) is 34.9 Å². The highest BCUT2D eigenvalue weighted by Crippen LogP contribution is 2.14. The quantitative estimate of drug-likeness (QED) is 0.828. The van der Waals surface area contributed by atoms with Gasteiger partial charge in [-0.1, -0.05) is 23.7 Å². The van der Waals surface area contributed by atoms with Gasteiger partial charge in [-0.05, 0) is 24.6 Å². The van der Waals surface area contributed by atoms with Crippen molar-refractivity contribution in [3.8, 4) is 0 Å². The van der Waals surface area contributed by atoms with Crippen molar-refractivity contribution in [3.63, 3.8) is 0 Å². The molecule has 82 valence electrons. The molecule has 0 aliphatic carbocycles. The zero-order valence-electron chi connectivity index (χ0n) is 9.04. The van der Waals surface area contributed by atoms with E-state index in [-0.39, 0.29) is 0 Å². The Balaban J connectivity index is 2.01. The molecule has 0 bridgehead atoms. The summed E-state index contributed by atoms with van der Waals surface area (Å²) in [6.45, 7) is 6.55. The van der Waals surface area contributed by atoms with E-state index >= 15 is 0 Å². The second-order valence-electron chi connectivity index (χ2n) is 4.15. The van der Waals surface area contributed by atoms with Crippen LogP contribution in [0.15, 0.2) is 24.3 Å². The van der Waals surface area contributed by atoms with Crippen LogP contribution in [0.25, 0.3) is 0 Å². The van der Waals surface area contributed by atoms with Crippen LogP contribution in [0.3, 0.4) is 0 Å². The van der Waals surface area contributed by atoms with Gasteiger partial charge in [0, 0.05) is 37.2 Å². The number of rotatable bonds is 2. The lowest BCUT2D eigenvalue weighted by Crippen LogP contribution is -2.49. The van der Waals surface area contributed by atoms with Crippen molar-refractivity contribution < 1.29 is 0 Å². The molecule has 1 aliphatic heterocycles. The van der Waals surface area contributed by atoms with E-state index in [0.717, 1.165) is 31.2 Å². The smallest absolute Gasteiger partial charge is 0.0409 e. The van der Waals surface area contributed by atoms with Crippen LogP contribution in [0.2, 0.25) is 5.02 Å². The third-order valence-electron chi connectivity index (χ3n) is 2.91. The van der Waals surface area contributed by atoms with E-state index in [1.54, 1.807) is 0 Å². The Morgan fingerprint density at radius 2 is 2.40 bits per heavy atom. The van der Waals surface area contributed by atoms with E-state index in [0.29, 0.717) is 6.04 Å². The molecule has 3 heteroatoms. The molecule has 1 N–H and O–H groups in total. The predicted octanol–water partition coefficient (Wildman–Crippen LogP) is 2.13. The maximum Gasteiger partial charge on any atom is 0.0409 e.